The van der Waals surface area contributed by atoms with Crippen molar-refractivity contribution in [1.29, 1.82) is 0 Å². The quantitative estimate of drug-likeness (QED) is 0.642. The number of nitro groups is 1. The minimum absolute atomic E-state index is 0.0112. The van der Waals surface area contributed by atoms with E-state index in [1.165, 1.54) is 13.4 Å². The number of hydrogen-bond acceptors (Lipinski definition) is 7. The van der Waals surface area contributed by atoms with Crippen molar-refractivity contribution in [2.75, 3.05) is 31.6 Å². The number of nitrogens with zero attached hydrogens (tertiary/aromatic N) is 4. The highest BCUT2D eigenvalue weighted by atomic mass is 16.6. The predicted octanol–water partition coefficient (Wildman–Crippen LogP) is 0.815. The first-order valence-corrected chi connectivity index (χ1v) is 6.56. The predicted molar refractivity (Wildman–Crippen MR) is 73.8 cm³/mol. The maximum absolute atomic E-state index is 11.3. The van der Waals surface area contributed by atoms with Crippen LogP contribution < -0.4 is 15.4 Å². The zero-order valence-electron chi connectivity index (χ0n) is 11.7. The van der Waals surface area contributed by atoms with Gasteiger partial charge in [-0.3, -0.25) is 10.1 Å². The van der Waals surface area contributed by atoms with Crippen LogP contribution in [0, 0.1) is 22.0 Å². The Hall–Kier alpha value is -1.96. The molecule has 0 radical (unpaired) electrons. The lowest BCUT2D eigenvalue weighted by Crippen LogP contribution is -2.43. The second-order valence-electron chi connectivity index (χ2n) is 5.02. The monoisotopic (exact) mass is 281 g/mol. The number of rotatable bonds is 4. The van der Waals surface area contributed by atoms with E-state index in [0.717, 1.165) is 13.0 Å². The number of piperidine rings is 1. The smallest absolute Gasteiger partial charge is 0.372 e. The maximum atomic E-state index is 11.3. The molecule has 2 unspecified atom stereocenters. The van der Waals surface area contributed by atoms with Crippen LogP contribution in [0.15, 0.2) is 6.33 Å². The third-order valence-corrected chi connectivity index (χ3v) is 3.86. The fourth-order valence-electron chi connectivity index (χ4n) is 2.54. The summed E-state index contributed by atoms with van der Waals surface area (Å²) in [7, 11) is 1.36. The van der Waals surface area contributed by atoms with Gasteiger partial charge in [0.25, 0.3) is 5.88 Å². The summed E-state index contributed by atoms with van der Waals surface area (Å²) in [4.78, 5) is 20.5. The number of anilines is 1. The highest BCUT2D eigenvalue weighted by Crippen LogP contribution is 2.35. The fourth-order valence-corrected chi connectivity index (χ4v) is 2.54. The van der Waals surface area contributed by atoms with Crippen LogP contribution in [0.1, 0.15) is 13.3 Å². The van der Waals surface area contributed by atoms with Crippen molar-refractivity contribution in [3.8, 4) is 5.88 Å². The van der Waals surface area contributed by atoms with Gasteiger partial charge in [-0.05, 0) is 24.8 Å². The second kappa shape index (κ2) is 6.00. The van der Waals surface area contributed by atoms with E-state index in [1.807, 2.05) is 4.90 Å². The molecule has 1 fully saturated rings. The minimum atomic E-state index is -0.496. The van der Waals surface area contributed by atoms with E-state index in [4.69, 9.17) is 10.5 Å². The molecule has 8 heteroatoms. The van der Waals surface area contributed by atoms with Gasteiger partial charge in [-0.25, -0.2) is 4.98 Å². The van der Waals surface area contributed by atoms with Crippen molar-refractivity contribution in [2.45, 2.75) is 13.3 Å². The Bertz CT molecular complexity index is 496. The van der Waals surface area contributed by atoms with Gasteiger partial charge in [-0.15, -0.1) is 0 Å². The first-order valence-electron chi connectivity index (χ1n) is 6.56. The zero-order chi connectivity index (χ0) is 14.7. The molecule has 0 spiro atoms. The molecule has 1 aromatic heterocycles. The SMILES string of the molecule is COc1ncnc(N2CCC(C)C(CN)C2)c1[N+](=O)[O-]. The Labute approximate surface area is 117 Å². The Kier molecular flexibility index (Phi) is 4.33. The van der Waals surface area contributed by atoms with Crippen molar-refractivity contribution >= 4 is 11.5 Å². The summed E-state index contributed by atoms with van der Waals surface area (Å²) in [6.45, 7) is 4.11. The molecular formula is C12H19N5O3. The number of nitrogens with two attached hydrogens (primary N) is 1. The molecule has 0 amide bonds. The van der Waals surface area contributed by atoms with Gasteiger partial charge in [0, 0.05) is 13.1 Å². The van der Waals surface area contributed by atoms with Crippen molar-refractivity contribution < 1.29 is 9.66 Å². The molecule has 110 valence electrons. The summed E-state index contributed by atoms with van der Waals surface area (Å²) in [5.41, 5.74) is 5.59. The summed E-state index contributed by atoms with van der Waals surface area (Å²) in [6, 6.07) is 0. The van der Waals surface area contributed by atoms with Crippen LogP contribution in [0.3, 0.4) is 0 Å². The van der Waals surface area contributed by atoms with Gasteiger partial charge in [0.1, 0.15) is 6.33 Å². The van der Waals surface area contributed by atoms with E-state index in [2.05, 4.69) is 16.9 Å². The summed E-state index contributed by atoms with van der Waals surface area (Å²) in [6.07, 6.45) is 2.22. The molecule has 1 aliphatic rings. The van der Waals surface area contributed by atoms with Crippen LogP contribution in [-0.2, 0) is 0 Å². The summed E-state index contributed by atoms with van der Waals surface area (Å²) < 4.78 is 4.97. The van der Waals surface area contributed by atoms with Gasteiger partial charge >= 0.3 is 5.69 Å². The third kappa shape index (κ3) is 2.64. The highest BCUT2D eigenvalue weighted by molar-refractivity contribution is 5.62. The molecule has 0 aromatic carbocycles. The second-order valence-corrected chi connectivity index (χ2v) is 5.02. The fraction of sp³-hybridized carbons (Fsp3) is 0.667. The normalized spacial score (nSPS) is 22.6. The molecule has 2 rings (SSSR count). The maximum Gasteiger partial charge on any atom is 0.372 e. The average Bonchev–Trinajstić information content (AvgIpc) is 2.46. The Morgan fingerprint density at radius 1 is 1.60 bits per heavy atom. The lowest BCUT2D eigenvalue weighted by Gasteiger charge is -2.36. The van der Waals surface area contributed by atoms with E-state index in [0.29, 0.717) is 30.7 Å². The van der Waals surface area contributed by atoms with Crippen molar-refractivity contribution in [3.05, 3.63) is 16.4 Å². The molecule has 2 N–H and O–H groups in total. The molecular weight excluding hydrogens is 262 g/mol. The van der Waals surface area contributed by atoms with E-state index in [-0.39, 0.29) is 11.6 Å². The van der Waals surface area contributed by atoms with Gasteiger partial charge in [0.15, 0.2) is 0 Å². The zero-order valence-corrected chi connectivity index (χ0v) is 11.7. The van der Waals surface area contributed by atoms with Gasteiger partial charge in [-0.2, -0.15) is 4.98 Å². The molecule has 0 saturated carbocycles. The number of methoxy groups -OCH3 is 1. The number of aromatic nitrogens is 2. The van der Waals surface area contributed by atoms with E-state index < -0.39 is 4.92 Å². The van der Waals surface area contributed by atoms with Gasteiger partial charge in [0.2, 0.25) is 5.82 Å². The standard InChI is InChI=1S/C12H19N5O3/c1-8-3-4-16(6-9(8)5-13)11-10(17(18)19)12(20-2)15-7-14-11/h7-9H,3-6,13H2,1-2H3. The molecule has 0 aliphatic carbocycles. The Balaban J connectivity index is 2.35. The molecule has 2 atom stereocenters. The Morgan fingerprint density at radius 3 is 2.95 bits per heavy atom. The van der Waals surface area contributed by atoms with E-state index >= 15 is 0 Å². The molecule has 1 aliphatic heterocycles. The van der Waals surface area contributed by atoms with Gasteiger partial charge < -0.3 is 15.4 Å². The first kappa shape index (κ1) is 14.4. The minimum Gasteiger partial charge on any atom is -0.476 e. The summed E-state index contributed by atoms with van der Waals surface area (Å²) >= 11 is 0. The van der Waals surface area contributed by atoms with E-state index in [1.54, 1.807) is 0 Å². The van der Waals surface area contributed by atoms with Crippen molar-refractivity contribution in [1.82, 2.24) is 9.97 Å². The summed E-state index contributed by atoms with van der Waals surface area (Å²) in [5, 5.41) is 11.3. The van der Waals surface area contributed by atoms with E-state index in [9.17, 15) is 10.1 Å². The molecule has 8 nitrogen and oxygen atoms in total. The topological polar surface area (TPSA) is 107 Å². The molecule has 20 heavy (non-hydrogen) atoms. The number of ether oxygens (including phenoxy) is 1. The molecule has 1 aromatic rings. The lowest BCUT2D eigenvalue weighted by molar-refractivity contribution is -0.385. The molecule has 2 heterocycles. The van der Waals surface area contributed by atoms with Crippen LogP contribution in [0.5, 0.6) is 5.88 Å². The highest BCUT2D eigenvalue weighted by Gasteiger charge is 2.32. The van der Waals surface area contributed by atoms with Crippen molar-refractivity contribution in [3.63, 3.8) is 0 Å². The van der Waals surface area contributed by atoms with Crippen LogP contribution >= 0.6 is 0 Å². The molecule has 0 bridgehead atoms. The van der Waals surface area contributed by atoms with Gasteiger partial charge in [0.05, 0.1) is 12.0 Å². The van der Waals surface area contributed by atoms with Crippen LogP contribution in [0.25, 0.3) is 0 Å². The first-order chi connectivity index (χ1) is 9.58. The van der Waals surface area contributed by atoms with Crippen LogP contribution in [0.4, 0.5) is 11.5 Å². The van der Waals surface area contributed by atoms with Crippen molar-refractivity contribution in [2.24, 2.45) is 17.6 Å². The summed E-state index contributed by atoms with van der Waals surface area (Å²) in [5.74, 6) is 1.12. The molecule has 1 saturated heterocycles. The number of hydrogen-bond donors (Lipinski definition) is 1. The third-order valence-electron chi connectivity index (χ3n) is 3.86. The largest absolute Gasteiger partial charge is 0.476 e. The lowest BCUT2D eigenvalue weighted by atomic mass is 9.87. The Morgan fingerprint density at radius 2 is 2.35 bits per heavy atom. The van der Waals surface area contributed by atoms with Crippen LogP contribution in [0.2, 0.25) is 0 Å². The van der Waals surface area contributed by atoms with Gasteiger partial charge in [-0.1, -0.05) is 6.92 Å². The van der Waals surface area contributed by atoms with Crippen LogP contribution in [-0.4, -0.2) is 41.6 Å². The average molecular weight is 281 g/mol.